The van der Waals surface area contributed by atoms with Crippen molar-refractivity contribution < 1.29 is 19.5 Å². The minimum atomic E-state index is -1.47. The molecule has 3 N–H and O–H groups in total. The number of carboxylic acids is 1. The first-order valence-electron chi connectivity index (χ1n) is 7.87. The largest absolute Gasteiger partial charge is 0.480 e. The van der Waals surface area contributed by atoms with Crippen molar-refractivity contribution in [3.63, 3.8) is 0 Å². The number of amides is 2. The smallest absolute Gasteiger partial charge is 0.324 e. The predicted molar refractivity (Wildman–Crippen MR) is 87.3 cm³/mol. The number of hydrogen-bond donors (Lipinski definition) is 3. The van der Waals surface area contributed by atoms with Gasteiger partial charge in [0.1, 0.15) is 5.54 Å². The molecule has 2 saturated heterocycles. The minimum absolute atomic E-state index is 0.0378. The van der Waals surface area contributed by atoms with Gasteiger partial charge in [0, 0.05) is 11.1 Å². The van der Waals surface area contributed by atoms with Gasteiger partial charge in [0.25, 0.3) is 0 Å². The molecular formula is C17H19ClN2O4. The van der Waals surface area contributed by atoms with Gasteiger partial charge in [-0.3, -0.25) is 25.0 Å². The second-order valence-electron chi connectivity index (χ2n) is 6.91. The topological polar surface area (TPSA) is 95.5 Å². The molecule has 0 aromatic heterocycles. The summed E-state index contributed by atoms with van der Waals surface area (Å²) in [7, 11) is 0. The van der Waals surface area contributed by atoms with Gasteiger partial charge in [-0.15, -0.1) is 0 Å². The van der Waals surface area contributed by atoms with Crippen LogP contribution in [0.1, 0.15) is 31.9 Å². The maximum Gasteiger partial charge on any atom is 0.324 e. The van der Waals surface area contributed by atoms with E-state index in [1.165, 1.54) is 0 Å². The third-order valence-corrected chi connectivity index (χ3v) is 5.05. The summed E-state index contributed by atoms with van der Waals surface area (Å²) in [6, 6.07) is 6.35. The molecule has 4 unspecified atom stereocenters. The molecular weight excluding hydrogens is 332 g/mol. The SMILES string of the molecule is CC(C)CC1(C(=O)O)NC(c2cccc(Cl)c2)C2C(=O)NC(=O)C21. The van der Waals surface area contributed by atoms with Crippen LogP contribution in [0.25, 0.3) is 0 Å². The molecule has 0 bridgehead atoms. The Labute approximate surface area is 144 Å². The summed E-state index contributed by atoms with van der Waals surface area (Å²) in [5.41, 5.74) is -0.767. The maximum absolute atomic E-state index is 12.4. The van der Waals surface area contributed by atoms with Gasteiger partial charge in [-0.1, -0.05) is 37.6 Å². The van der Waals surface area contributed by atoms with Crippen LogP contribution in [0.3, 0.4) is 0 Å². The third kappa shape index (κ3) is 2.50. The molecule has 3 rings (SSSR count). The quantitative estimate of drug-likeness (QED) is 0.719. The number of carbonyl (C=O) groups is 3. The van der Waals surface area contributed by atoms with E-state index >= 15 is 0 Å². The van der Waals surface area contributed by atoms with Crippen molar-refractivity contribution in [2.75, 3.05) is 0 Å². The second kappa shape index (κ2) is 5.86. The van der Waals surface area contributed by atoms with Crippen molar-refractivity contribution in [1.29, 1.82) is 0 Å². The van der Waals surface area contributed by atoms with Gasteiger partial charge >= 0.3 is 5.97 Å². The molecule has 0 saturated carbocycles. The van der Waals surface area contributed by atoms with Crippen LogP contribution in [0.5, 0.6) is 0 Å². The number of carbonyl (C=O) groups excluding carboxylic acids is 2. The lowest BCUT2D eigenvalue weighted by atomic mass is 9.75. The predicted octanol–water partition coefficient (Wildman–Crippen LogP) is 1.74. The lowest BCUT2D eigenvalue weighted by molar-refractivity contribution is -0.150. The Balaban J connectivity index is 2.11. The van der Waals surface area contributed by atoms with Gasteiger partial charge in [-0.2, -0.15) is 0 Å². The highest BCUT2D eigenvalue weighted by Crippen LogP contribution is 2.48. The molecule has 128 valence electrons. The molecule has 4 atom stereocenters. The second-order valence-corrected chi connectivity index (χ2v) is 7.34. The van der Waals surface area contributed by atoms with E-state index < -0.39 is 41.2 Å². The number of imide groups is 1. The number of nitrogens with one attached hydrogen (secondary N) is 2. The molecule has 7 heteroatoms. The number of hydrogen-bond acceptors (Lipinski definition) is 4. The molecule has 2 aliphatic heterocycles. The normalized spacial score (nSPS) is 32.1. The molecule has 0 spiro atoms. The first kappa shape index (κ1) is 16.9. The van der Waals surface area contributed by atoms with Gasteiger partial charge in [-0.25, -0.2) is 0 Å². The van der Waals surface area contributed by atoms with Crippen molar-refractivity contribution in [3.05, 3.63) is 34.9 Å². The molecule has 0 radical (unpaired) electrons. The van der Waals surface area contributed by atoms with Crippen LogP contribution in [0.15, 0.2) is 24.3 Å². The Morgan fingerprint density at radius 1 is 1.33 bits per heavy atom. The highest BCUT2D eigenvalue weighted by molar-refractivity contribution is 6.30. The fourth-order valence-corrected chi connectivity index (χ4v) is 4.23. The van der Waals surface area contributed by atoms with Crippen molar-refractivity contribution in [1.82, 2.24) is 10.6 Å². The summed E-state index contributed by atoms with van der Waals surface area (Å²) in [5.74, 6) is -3.73. The molecule has 6 nitrogen and oxygen atoms in total. The number of benzene rings is 1. The van der Waals surface area contributed by atoms with Crippen LogP contribution in [0, 0.1) is 17.8 Å². The van der Waals surface area contributed by atoms with E-state index in [1.54, 1.807) is 24.3 Å². The van der Waals surface area contributed by atoms with Crippen LogP contribution in [0.4, 0.5) is 0 Å². The molecule has 1 aromatic carbocycles. The Morgan fingerprint density at radius 3 is 2.62 bits per heavy atom. The number of aliphatic carboxylic acids is 1. The summed E-state index contributed by atoms with van der Waals surface area (Å²) < 4.78 is 0. The Kier molecular flexibility index (Phi) is 4.13. The first-order valence-corrected chi connectivity index (χ1v) is 8.25. The minimum Gasteiger partial charge on any atom is -0.480 e. The van der Waals surface area contributed by atoms with Gasteiger partial charge < -0.3 is 5.11 Å². The van der Waals surface area contributed by atoms with Crippen molar-refractivity contribution in [2.24, 2.45) is 17.8 Å². The van der Waals surface area contributed by atoms with Crippen LogP contribution < -0.4 is 10.6 Å². The van der Waals surface area contributed by atoms with Crippen molar-refractivity contribution >= 4 is 29.4 Å². The number of halogens is 1. The summed E-state index contributed by atoms with van der Waals surface area (Å²) in [4.78, 5) is 36.8. The Morgan fingerprint density at radius 2 is 2.04 bits per heavy atom. The molecule has 2 aliphatic rings. The zero-order chi connectivity index (χ0) is 17.6. The van der Waals surface area contributed by atoms with Crippen molar-refractivity contribution in [3.8, 4) is 0 Å². The van der Waals surface area contributed by atoms with Gasteiger partial charge in [-0.05, 0) is 30.0 Å². The van der Waals surface area contributed by atoms with E-state index in [1.807, 2.05) is 13.8 Å². The number of rotatable bonds is 4. The number of fused-ring (bicyclic) bond motifs is 1. The fourth-order valence-electron chi connectivity index (χ4n) is 4.03. The highest BCUT2D eigenvalue weighted by atomic mass is 35.5. The molecule has 2 amide bonds. The van der Waals surface area contributed by atoms with Crippen LogP contribution >= 0.6 is 11.6 Å². The average Bonchev–Trinajstić information content (AvgIpc) is 2.97. The summed E-state index contributed by atoms with van der Waals surface area (Å²) in [6.07, 6.45) is 0.251. The maximum atomic E-state index is 12.4. The first-order chi connectivity index (χ1) is 11.3. The van der Waals surface area contributed by atoms with E-state index in [4.69, 9.17) is 11.6 Å². The van der Waals surface area contributed by atoms with Gasteiger partial charge in [0.05, 0.1) is 11.8 Å². The van der Waals surface area contributed by atoms with E-state index in [-0.39, 0.29) is 12.3 Å². The molecule has 1 aromatic rings. The standard InChI is InChI=1S/C17H19ClN2O4/c1-8(2)7-17(16(23)24)12-11(14(21)19-15(12)22)13(20-17)9-4-3-5-10(18)6-9/h3-6,8,11-13,20H,7H2,1-2H3,(H,23,24)(H,19,21,22). The third-order valence-electron chi connectivity index (χ3n) is 4.81. The summed E-state index contributed by atoms with van der Waals surface area (Å²) in [5, 5.41) is 15.8. The zero-order valence-corrected chi connectivity index (χ0v) is 14.1. The lowest BCUT2D eigenvalue weighted by Gasteiger charge is -2.31. The fraction of sp³-hybridized carbons (Fsp3) is 0.471. The zero-order valence-electron chi connectivity index (χ0n) is 13.4. The van der Waals surface area contributed by atoms with E-state index in [0.717, 1.165) is 0 Å². The monoisotopic (exact) mass is 350 g/mol. The van der Waals surface area contributed by atoms with Gasteiger partial charge in [0.2, 0.25) is 11.8 Å². The van der Waals surface area contributed by atoms with Crippen LogP contribution in [-0.2, 0) is 14.4 Å². The van der Waals surface area contributed by atoms with Crippen LogP contribution in [0.2, 0.25) is 5.02 Å². The molecule has 2 heterocycles. The lowest BCUT2D eigenvalue weighted by Crippen LogP contribution is -2.56. The highest BCUT2D eigenvalue weighted by Gasteiger charge is 2.66. The molecule has 2 fully saturated rings. The summed E-state index contributed by atoms with van der Waals surface area (Å²) in [6.45, 7) is 3.78. The summed E-state index contributed by atoms with van der Waals surface area (Å²) >= 11 is 6.04. The Bertz CT molecular complexity index is 720. The van der Waals surface area contributed by atoms with E-state index in [0.29, 0.717) is 10.6 Å². The van der Waals surface area contributed by atoms with E-state index in [9.17, 15) is 19.5 Å². The van der Waals surface area contributed by atoms with Crippen LogP contribution in [-0.4, -0.2) is 28.4 Å². The molecule has 24 heavy (non-hydrogen) atoms. The van der Waals surface area contributed by atoms with Gasteiger partial charge in [0.15, 0.2) is 0 Å². The average molecular weight is 351 g/mol. The van der Waals surface area contributed by atoms with E-state index in [2.05, 4.69) is 10.6 Å². The number of carboxylic acid groups (broad SMARTS) is 1. The Hall–Kier alpha value is -1.92. The van der Waals surface area contributed by atoms with Crippen molar-refractivity contribution in [2.45, 2.75) is 31.8 Å². The molecule has 0 aliphatic carbocycles.